The first-order valence-electron chi connectivity index (χ1n) is 7.41. The second-order valence-electron chi connectivity index (χ2n) is 5.49. The summed E-state index contributed by atoms with van der Waals surface area (Å²) >= 11 is 6.18. The molecule has 0 aliphatic carbocycles. The molecule has 5 heteroatoms. The van der Waals surface area contributed by atoms with Gasteiger partial charge in [-0.15, -0.1) is 0 Å². The Labute approximate surface area is 129 Å². The second kappa shape index (κ2) is 6.16. The zero-order valence-corrected chi connectivity index (χ0v) is 12.8. The van der Waals surface area contributed by atoms with Crippen molar-refractivity contribution in [1.82, 2.24) is 14.9 Å². The number of nitrogens with zero attached hydrogens (tertiary/aromatic N) is 2. The predicted octanol–water partition coefficient (Wildman–Crippen LogP) is 4.05. The monoisotopic (exact) mass is 307 g/mol. The number of piperidine rings is 1. The van der Waals surface area contributed by atoms with Gasteiger partial charge in [0.05, 0.1) is 10.6 Å². The molecule has 1 saturated heterocycles. The second-order valence-corrected chi connectivity index (χ2v) is 5.90. The van der Waals surface area contributed by atoms with Gasteiger partial charge in [0, 0.05) is 24.5 Å². The molecule has 0 saturated carbocycles. The third-order valence-corrected chi connectivity index (χ3v) is 4.52. The van der Waals surface area contributed by atoms with Gasteiger partial charge in [-0.2, -0.15) is 0 Å². The highest BCUT2D eigenvalue weighted by Gasteiger charge is 2.25. The van der Waals surface area contributed by atoms with E-state index in [0.717, 1.165) is 25.8 Å². The summed E-state index contributed by atoms with van der Waals surface area (Å²) in [6, 6.07) is 5.60. The fraction of sp³-hybridized carbons (Fsp3) is 0.438. The first-order chi connectivity index (χ1) is 10.2. The third-order valence-electron chi connectivity index (χ3n) is 4.21. The fourth-order valence-electron chi connectivity index (χ4n) is 3.06. The van der Waals surface area contributed by atoms with Crippen LogP contribution in [0.1, 0.15) is 32.2 Å². The summed E-state index contributed by atoms with van der Waals surface area (Å²) in [5.74, 6) is 0.302. The maximum atomic E-state index is 14.2. The van der Waals surface area contributed by atoms with Crippen LogP contribution in [-0.2, 0) is 0 Å². The van der Waals surface area contributed by atoms with Crippen LogP contribution in [0.15, 0.2) is 30.6 Å². The van der Waals surface area contributed by atoms with Crippen molar-refractivity contribution >= 4 is 11.6 Å². The molecule has 21 heavy (non-hydrogen) atoms. The summed E-state index contributed by atoms with van der Waals surface area (Å²) in [7, 11) is 0. The average Bonchev–Trinajstić information content (AvgIpc) is 2.96. The molecule has 1 fully saturated rings. The van der Waals surface area contributed by atoms with Gasteiger partial charge in [0.2, 0.25) is 0 Å². The molecule has 0 bridgehead atoms. The number of aromatic nitrogens is 2. The van der Waals surface area contributed by atoms with Crippen molar-refractivity contribution in [2.24, 2.45) is 0 Å². The minimum Gasteiger partial charge on any atom is -0.328 e. The Balaban J connectivity index is 1.98. The Morgan fingerprint density at radius 3 is 3.10 bits per heavy atom. The maximum Gasteiger partial charge on any atom is 0.144 e. The van der Waals surface area contributed by atoms with E-state index in [1.807, 2.05) is 6.20 Å². The van der Waals surface area contributed by atoms with Gasteiger partial charge in [0.1, 0.15) is 11.6 Å². The zero-order chi connectivity index (χ0) is 14.8. The zero-order valence-electron chi connectivity index (χ0n) is 12.0. The maximum absolute atomic E-state index is 14.2. The predicted molar refractivity (Wildman–Crippen MR) is 83.0 cm³/mol. The summed E-state index contributed by atoms with van der Waals surface area (Å²) in [5, 5.41) is 3.91. The van der Waals surface area contributed by atoms with E-state index in [0.29, 0.717) is 28.5 Å². The quantitative estimate of drug-likeness (QED) is 0.927. The lowest BCUT2D eigenvalue weighted by Gasteiger charge is -2.31. The molecule has 0 spiro atoms. The Kier molecular flexibility index (Phi) is 4.27. The highest BCUT2D eigenvalue weighted by Crippen LogP contribution is 2.33. The molecule has 1 N–H and O–H groups in total. The molecule has 1 aliphatic rings. The summed E-state index contributed by atoms with van der Waals surface area (Å²) in [6.45, 7) is 3.16. The summed E-state index contributed by atoms with van der Waals surface area (Å²) in [6.07, 6.45) is 6.81. The lowest BCUT2D eigenvalue weighted by molar-refractivity contribution is 0.297. The van der Waals surface area contributed by atoms with Gasteiger partial charge < -0.3 is 9.88 Å². The average molecular weight is 308 g/mol. The van der Waals surface area contributed by atoms with Crippen LogP contribution in [0.2, 0.25) is 5.02 Å². The first kappa shape index (κ1) is 14.5. The summed E-state index contributed by atoms with van der Waals surface area (Å²) in [4.78, 5) is 4.35. The van der Waals surface area contributed by atoms with Crippen LogP contribution in [0.3, 0.4) is 0 Å². The molecular formula is C16H19ClFN3. The molecule has 3 rings (SSSR count). The lowest BCUT2D eigenvalue weighted by Crippen LogP contribution is -2.38. The van der Waals surface area contributed by atoms with Crippen LogP contribution < -0.4 is 5.32 Å². The highest BCUT2D eigenvalue weighted by atomic mass is 35.5. The van der Waals surface area contributed by atoms with E-state index in [2.05, 4.69) is 21.8 Å². The first-order valence-corrected chi connectivity index (χ1v) is 7.79. The van der Waals surface area contributed by atoms with Crippen molar-refractivity contribution in [3.63, 3.8) is 0 Å². The third kappa shape index (κ3) is 2.83. The van der Waals surface area contributed by atoms with Gasteiger partial charge in [-0.25, -0.2) is 9.37 Å². The smallest absolute Gasteiger partial charge is 0.144 e. The molecule has 0 unspecified atom stereocenters. The SMILES string of the molecule is CC[C@@H]1C[C@H](n2ccnc2-c2c(F)cccc2Cl)CCN1. The van der Waals surface area contributed by atoms with Crippen LogP contribution >= 0.6 is 11.6 Å². The van der Waals surface area contributed by atoms with E-state index in [1.165, 1.54) is 6.07 Å². The molecular weight excluding hydrogens is 289 g/mol. The highest BCUT2D eigenvalue weighted by molar-refractivity contribution is 6.33. The largest absolute Gasteiger partial charge is 0.328 e. The van der Waals surface area contributed by atoms with Crippen molar-refractivity contribution in [1.29, 1.82) is 0 Å². The van der Waals surface area contributed by atoms with Crippen molar-refractivity contribution in [3.05, 3.63) is 41.4 Å². The Bertz CT molecular complexity index is 605. The lowest BCUT2D eigenvalue weighted by atomic mass is 9.97. The van der Waals surface area contributed by atoms with Crippen LogP contribution in [0.25, 0.3) is 11.4 Å². The molecule has 2 aromatic rings. The normalized spacial score (nSPS) is 22.4. The molecule has 2 atom stereocenters. The number of rotatable bonds is 3. The number of hydrogen-bond acceptors (Lipinski definition) is 2. The van der Waals surface area contributed by atoms with Crippen LogP contribution in [0, 0.1) is 5.82 Å². The molecule has 1 aromatic carbocycles. The van der Waals surface area contributed by atoms with E-state index in [-0.39, 0.29) is 5.82 Å². The number of imidazole rings is 1. The molecule has 2 heterocycles. The molecule has 1 aliphatic heterocycles. The Morgan fingerprint density at radius 2 is 2.33 bits per heavy atom. The molecule has 112 valence electrons. The number of benzene rings is 1. The van der Waals surface area contributed by atoms with Gasteiger partial charge in [0.15, 0.2) is 0 Å². The van der Waals surface area contributed by atoms with E-state index >= 15 is 0 Å². The van der Waals surface area contributed by atoms with Crippen LogP contribution in [-0.4, -0.2) is 22.1 Å². The van der Waals surface area contributed by atoms with E-state index in [1.54, 1.807) is 18.3 Å². The van der Waals surface area contributed by atoms with Gasteiger partial charge in [-0.1, -0.05) is 24.6 Å². The van der Waals surface area contributed by atoms with Crippen molar-refractivity contribution < 1.29 is 4.39 Å². The minimum absolute atomic E-state index is 0.323. The van der Waals surface area contributed by atoms with Crippen LogP contribution in [0.4, 0.5) is 4.39 Å². The molecule has 1 aromatic heterocycles. The van der Waals surface area contributed by atoms with Gasteiger partial charge in [0.25, 0.3) is 0 Å². The van der Waals surface area contributed by atoms with Gasteiger partial charge in [-0.3, -0.25) is 0 Å². The van der Waals surface area contributed by atoms with Gasteiger partial charge in [-0.05, 0) is 37.9 Å². The van der Waals surface area contributed by atoms with Crippen molar-refractivity contribution in [3.8, 4) is 11.4 Å². The van der Waals surface area contributed by atoms with Crippen LogP contribution in [0.5, 0.6) is 0 Å². The Hall–Kier alpha value is -1.39. The molecule has 0 amide bonds. The number of nitrogens with one attached hydrogen (secondary N) is 1. The minimum atomic E-state index is -0.323. The fourth-order valence-corrected chi connectivity index (χ4v) is 3.31. The van der Waals surface area contributed by atoms with E-state index < -0.39 is 0 Å². The van der Waals surface area contributed by atoms with E-state index in [4.69, 9.17) is 11.6 Å². The van der Waals surface area contributed by atoms with Crippen molar-refractivity contribution in [2.75, 3.05) is 6.54 Å². The van der Waals surface area contributed by atoms with Crippen molar-refractivity contribution in [2.45, 2.75) is 38.3 Å². The van der Waals surface area contributed by atoms with E-state index in [9.17, 15) is 4.39 Å². The van der Waals surface area contributed by atoms with Gasteiger partial charge >= 0.3 is 0 Å². The number of halogens is 2. The molecule has 0 radical (unpaired) electrons. The number of hydrogen-bond donors (Lipinski definition) is 1. The summed E-state index contributed by atoms with van der Waals surface area (Å²) < 4.78 is 16.2. The Morgan fingerprint density at radius 1 is 1.48 bits per heavy atom. The molecule has 3 nitrogen and oxygen atoms in total. The topological polar surface area (TPSA) is 29.9 Å². The standard InChI is InChI=1S/C16H19ClFN3/c1-2-11-10-12(6-7-19-11)21-9-8-20-16(21)15-13(17)4-3-5-14(15)18/h3-5,8-9,11-12,19H,2,6-7,10H2,1H3/t11-,12-/m1/s1. The summed E-state index contributed by atoms with van der Waals surface area (Å²) in [5.41, 5.74) is 0.399.